The summed E-state index contributed by atoms with van der Waals surface area (Å²) in [6.45, 7) is 1.30. The van der Waals surface area contributed by atoms with Gasteiger partial charge in [-0.1, -0.05) is 0 Å². The Morgan fingerprint density at radius 3 is 3.33 bits per heavy atom. The van der Waals surface area contributed by atoms with Crippen LogP contribution in [-0.2, 0) is 13.0 Å². The van der Waals surface area contributed by atoms with E-state index in [1.54, 1.807) is 0 Å². The number of pyridine rings is 1. The van der Waals surface area contributed by atoms with E-state index in [2.05, 4.69) is 4.98 Å². The van der Waals surface area contributed by atoms with Crippen LogP contribution in [0.5, 0.6) is 5.75 Å². The molecule has 1 aromatic heterocycles. The van der Waals surface area contributed by atoms with Crippen LogP contribution in [0.15, 0.2) is 12.3 Å². The number of hydrogen-bond donors (Lipinski definition) is 1. The van der Waals surface area contributed by atoms with Crippen LogP contribution in [0.4, 0.5) is 0 Å². The largest absolute Gasteiger partial charge is 0.493 e. The van der Waals surface area contributed by atoms with Gasteiger partial charge >= 0.3 is 0 Å². The van der Waals surface area contributed by atoms with Gasteiger partial charge in [0.2, 0.25) is 0 Å². The predicted molar refractivity (Wildman–Crippen MR) is 45.9 cm³/mol. The minimum absolute atomic E-state index is 0.483. The third-order valence-corrected chi connectivity index (χ3v) is 2.06. The Balaban J connectivity index is 2.36. The van der Waals surface area contributed by atoms with E-state index in [1.165, 1.54) is 5.56 Å². The lowest BCUT2D eigenvalue weighted by atomic mass is 10.1. The Hall–Kier alpha value is -1.09. The molecule has 2 heterocycles. The first-order valence-electron chi connectivity index (χ1n) is 4.21. The number of aromatic nitrogens is 1. The molecule has 0 fully saturated rings. The molecule has 2 rings (SSSR count). The third kappa shape index (κ3) is 1.28. The molecule has 3 nitrogen and oxygen atoms in total. The van der Waals surface area contributed by atoms with Gasteiger partial charge in [-0.05, 0) is 12.8 Å². The molecule has 0 atom stereocenters. The zero-order valence-electron chi connectivity index (χ0n) is 6.92. The van der Waals surface area contributed by atoms with Gasteiger partial charge in [-0.25, -0.2) is 0 Å². The second kappa shape index (κ2) is 3.11. The molecule has 0 amide bonds. The molecule has 1 aliphatic rings. The van der Waals surface area contributed by atoms with Gasteiger partial charge in [0, 0.05) is 24.4 Å². The molecule has 0 bridgehead atoms. The zero-order valence-corrected chi connectivity index (χ0v) is 6.92. The number of ether oxygens (including phenoxy) is 1. The minimum Gasteiger partial charge on any atom is -0.493 e. The van der Waals surface area contributed by atoms with Crippen molar-refractivity contribution in [3.05, 3.63) is 23.5 Å². The fourth-order valence-corrected chi connectivity index (χ4v) is 1.38. The smallest absolute Gasteiger partial charge is 0.125 e. The average molecular weight is 164 g/mol. The Labute approximate surface area is 71.6 Å². The Morgan fingerprint density at radius 2 is 2.50 bits per heavy atom. The molecule has 0 spiro atoms. The number of nitrogens with zero attached hydrogens (tertiary/aromatic N) is 1. The molecule has 0 saturated heterocycles. The Morgan fingerprint density at radius 1 is 1.58 bits per heavy atom. The van der Waals surface area contributed by atoms with E-state index in [9.17, 15) is 0 Å². The lowest BCUT2D eigenvalue weighted by molar-refractivity contribution is 0.287. The van der Waals surface area contributed by atoms with Crippen LogP contribution in [0.1, 0.15) is 17.7 Å². The second-order valence-corrected chi connectivity index (χ2v) is 2.94. The highest BCUT2D eigenvalue weighted by Gasteiger charge is 2.10. The molecule has 0 unspecified atom stereocenters. The summed E-state index contributed by atoms with van der Waals surface area (Å²) in [5, 5.41) is 0. The summed E-state index contributed by atoms with van der Waals surface area (Å²) in [5.41, 5.74) is 7.57. The number of rotatable bonds is 1. The van der Waals surface area contributed by atoms with Gasteiger partial charge in [0.05, 0.1) is 12.3 Å². The van der Waals surface area contributed by atoms with Crippen LogP contribution in [0.3, 0.4) is 0 Å². The minimum atomic E-state index is 0.483. The van der Waals surface area contributed by atoms with E-state index in [4.69, 9.17) is 10.5 Å². The molecule has 1 aliphatic heterocycles. The summed E-state index contributed by atoms with van der Waals surface area (Å²) in [5.74, 6) is 0.969. The van der Waals surface area contributed by atoms with Gasteiger partial charge in [-0.2, -0.15) is 0 Å². The SMILES string of the molecule is NCc1cc2c(cn1)CCCO2. The summed E-state index contributed by atoms with van der Waals surface area (Å²) >= 11 is 0. The molecule has 12 heavy (non-hydrogen) atoms. The molecule has 64 valence electrons. The van der Waals surface area contributed by atoms with Crippen LogP contribution in [0.25, 0.3) is 0 Å². The first kappa shape index (κ1) is 7.55. The number of fused-ring (bicyclic) bond motifs is 1. The number of aryl methyl sites for hydroxylation is 1. The van der Waals surface area contributed by atoms with Gasteiger partial charge < -0.3 is 10.5 Å². The first-order chi connectivity index (χ1) is 5.90. The van der Waals surface area contributed by atoms with Crippen molar-refractivity contribution in [2.75, 3.05) is 6.61 Å². The maximum Gasteiger partial charge on any atom is 0.125 e. The van der Waals surface area contributed by atoms with Crippen molar-refractivity contribution in [1.29, 1.82) is 0 Å². The molecular formula is C9H12N2O. The van der Waals surface area contributed by atoms with Gasteiger partial charge in [-0.15, -0.1) is 0 Å². The van der Waals surface area contributed by atoms with E-state index in [0.29, 0.717) is 6.54 Å². The van der Waals surface area contributed by atoms with Crippen molar-refractivity contribution in [1.82, 2.24) is 4.98 Å². The maximum atomic E-state index is 5.47. The summed E-state index contributed by atoms with van der Waals surface area (Å²) in [4.78, 5) is 4.21. The Kier molecular flexibility index (Phi) is 1.96. The highest BCUT2D eigenvalue weighted by molar-refractivity contribution is 5.34. The van der Waals surface area contributed by atoms with Crippen LogP contribution in [-0.4, -0.2) is 11.6 Å². The predicted octanol–water partition coefficient (Wildman–Crippen LogP) is 0.865. The van der Waals surface area contributed by atoms with Crippen LogP contribution in [0.2, 0.25) is 0 Å². The summed E-state index contributed by atoms with van der Waals surface area (Å²) in [6.07, 6.45) is 4.04. The fraction of sp³-hybridized carbons (Fsp3) is 0.444. The summed E-state index contributed by atoms with van der Waals surface area (Å²) in [6, 6.07) is 1.94. The molecule has 1 aromatic rings. The van der Waals surface area contributed by atoms with Crippen LogP contribution < -0.4 is 10.5 Å². The van der Waals surface area contributed by atoms with Crippen molar-refractivity contribution in [3.8, 4) is 5.75 Å². The standard InChI is InChI=1S/C9H12N2O/c10-5-8-4-9-7(6-11-8)2-1-3-12-9/h4,6H,1-3,5,10H2. The highest BCUT2D eigenvalue weighted by atomic mass is 16.5. The van der Waals surface area contributed by atoms with Crippen molar-refractivity contribution in [2.45, 2.75) is 19.4 Å². The highest BCUT2D eigenvalue weighted by Crippen LogP contribution is 2.23. The van der Waals surface area contributed by atoms with Gasteiger partial charge in [-0.3, -0.25) is 4.98 Å². The molecule has 3 heteroatoms. The quantitative estimate of drug-likeness (QED) is 0.669. The normalized spacial score (nSPS) is 15.1. The lowest BCUT2D eigenvalue weighted by Crippen LogP contribution is -2.10. The molecule has 0 saturated carbocycles. The van der Waals surface area contributed by atoms with Gasteiger partial charge in [0.25, 0.3) is 0 Å². The van der Waals surface area contributed by atoms with E-state index >= 15 is 0 Å². The van der Waals surface area contributed by atoms with Gasteiger partial charge in [0.1, 0.15) is 5.75 Å². The van der Waals surface area contributed by atoms with Crippen molar-refractivity contribution in [2.24, 2.45) is 5.73 Å². The summed E-state index contributed by atoms with van der Waals surface area (Å²) in [7, 11) is 0. The van der Waals surface area contributed by atoms with Crippen LogP contribution in [0, 0.1) is 0 Å². The fourth-order valence-electron chi connectivity index (χ4n) is 1.38. The zero-order chi connectivity index (χ0) is 8.39. The molecule has 0 radical (unpaired) electrons. The maximum absolute atomic E-state index is 5.47. The van der Waals surface area contributed by atoms with E-state index in [1.807, 2.05) is 12.3 Å². The van der Waals surface area contributed by atoms with E-state index in [0.717, 1.165) is 30.9 Å². The van der Waals surface area contributed by atoms with Crippen molar-refractivity contribution in [3.63, 3.8) is 0 Å². The number of hydrogen-bond acceptors (Lipinski definition) is 3. The van der Waals surface area contributed by atoms with E-state index < -0.39 is 0 Å². The lowest BCUT2D eigenvalue weighted by Gasteiger charge is -2.16. The van der Waals surface area contributed by atoms with Crippen molar-refractivity contribution >= 4 is 0 Å². The second-order valence-electron chi connectivity index (χ2n) is 2.94. The van der Waals surface area contributed by atoms with Crippen LogP contribution >= 0.6 is 0 Å². The molecule has 0 aromatic carbocycles. The molecule has 2 N–H and O–H groups in total. The Bertz CT molecular complexity index is 286. The summed E-state index contributed by atoms with van der Waals surface area (Å²) < 4.78 is 5.47. The molecule has 0 aliphatic carbocycles. The molecular weight excluding hydrogens is 152 g/mol. The average Bonchev–Trinajstić information content (AvgIpc) is 2.17. The monoisotopic (exact) mass is 164 g/mol. The van der Waals surface area contributed by atoms with E-state index in [-0.39, 0.29) is 0 Å². The third-order valence-electron chi connectivity index (χ3n) is 2.06. The van der Waals surface area contributed by atoms with Crippen molar-refractivity contribution < 1.29 is 4.74 Å². The van der Waals surface area contributed by atoms with Gasteiger partial charge in [0.15, 0.2) is 0 Å². The first-order valence-corrected chi connectivity index (χ1v) is 4.21. The topological polar surface area (TPSA) is 48.1 Å². The number of nitrogens with two attached hydrogens (primary N) is 1.